The number of benzene rings is 2. The van der Waals surface area contributed by atoms with Crippen molar-refractivity contribution in [2.24, 2.45) is 0 Å². The summed E-state index contributed by atoms with van der Waals surface area (Å²) in [6.45, 7) is 1.42. The average Bonchev–Trinajstić information content (AvgIpc) is 2.44. The summed E-state index contributed by atoms with van der Waals surface area (Å²) >= 11 is 0. The highest BCUT2D eigenvalue weighted by Gasteiger charge is 2.19. The van der Waals surface area contributed by atoms with E-state index in [-0.39, 0.29) is 16.8 Å². The van der Waals surface area contributed by atoms with Gasteiger partial charge in [0.25, 0.3) is 5.91 Å². The van der Waals surface area contributed by atoms with Crippen molar-refractivity contribution in [3.05, 3.63) is 64.7 Å². The van der Waals surface area contributed by atoms with E-state index in [1.165, 1.54) is 37.3 Å². The van der Waals surface area contributed by atoms with E-state index in [9.17, 15) is 18.4 Å². The van der Waals surface area contributed by atoms with E-state index in [1.54, 1.807) is 0 Å². The molecule has 0 aliphatic rings. The van der Waals surface area contributed by atoms with Gasteiger partial charge in [0.2, 0.25) is 0 Å². The minimum atomic E-state index is -1.11. The molecule has 2 aromatic carbocycles. The van der Waals surface area contributed by atoms with Gasteiger partial charge < -0.3 is 10.4 Å². The Morgan fingerprint density at radius 1 is 1.05 bits per heavy atom. The summed E-state index contributed by atoms with van der Waals surface area (Å²) in [5, 5.41) is 11.1. The number of amides is 1. The number of aromatic carboxylic acids is 1. The SMILES string of the molecule is Cc1ccc(F)c(C(=O)Nc2ccc(C(=O)O)cc2)c1F. The second-order valence-corrected chi connectivity index (χ2v) is 4.39. The van der Waals surface area contributed by atoms with Crippen molar-refractivity contribution in [2.75, 3.05) is 5.32 Å². The molecule has 0 saturated carbocycles. The van der Waals surface area contributed by atoms with Gasteiger partial charge in [0.05, 0.1) is 5.56 Å². The molecule has 0 aliphatic heterocycles. The van der Waals surface area contributed by atoms with Crippen LogP contribution in [0.25, 0.3) is 0 Å². The van der Waals surface area contributed by atoms with E-state index in [4.69, 9.17) is 5.11 Å². The summed E-state index contributed by atoms with van der Waals surface area (Å²) in [4.78, 5) is 22.6. The zero-order chi connectivity index (χ0) is 15.6. The predicted octanol–water partition coefficient (Wildman–Crippen LogP) is 3.22. The van der Waals surface area contributed by atoms with Crippen molar-refractivity contribution < 1.29 is 23.5 Å². The number of carbonyl (C=O) groups excluding carboxylic acids is 1. The fraction of sp³-hybridized carbons (Fsp3) is 0.0667. The number of hydrogen-bond donors (Lipinski definition) is 2. The number of hydrogen-bond acceptors (Lipinski definition) is 2. The third-order valence-electron chi connectivity index (χ3n) is 2.90. The lowest BCUT2D eigenvalue weighted by atomic mass is 10.1. The summed E-state index contributed by atoms with van der Waals surface area (Å²) in [7, 11) is 0. The fourth-order valence-electron chi connectivity index (χ4n) is 1.75. The summed E-state index contributed by atoms with van der Waals surface area (Å²) in [5.41, 5.74) is -0.230. The summed E-state index contributed by atoms with van der Waals surface area (Å²) in [6.07, 6.45) is 0. The first-order valence-electron chi connectivity index (χ1n) is 5.99. The molecule has 0 bridgehead atoms. The maximum atomic E-state index is 13.8. The molecule has 1 amide bonds. The lowest BCUT2D eigenvalue weighted by molar-refractivity contribution is 0.0696. The van der Waals surface area contributed by atoms with Gasteiger partial charge in [-0.05, 0) is 42.8 Å². The Kier molecular flexibility index (Phi) is 3.98. The topological polar surface area (TPSA) is 66.4 Å². The van der Waals surface area contributed by atoms with Crippen LogP contribution in [0.4, 0.5) is 14.5 Å². The first-order valence-corrected chi connectivity index (χ1v) is 5.99. The predicted molar refractivity (Wildman–Crippen MR) is 72.4 cm³/mol. The van der Waals surface area contributed by atoms with Crippen LogP contribution in [0.2, 0.25) is 0 Å². The average molecular weight is 291 g/mol. The van der Waals surface area contributed by atoms with Crippen molar-refractivity contribution in [1.29, 1.82) is 0 Å². The summed E-state index contributed by atoms with van der Waals surface area (Å²) in [6, 6.07) is 7.49. The molecular formula is C15H11F2NO3. The molecule has 0 aliphatic carbocycles. The van der Waals surface area contributed by atoms with Crippen LogP contribution in [0.15, 0.2) is 36.4 Å². The molecule has 0 atom stereocenters. The molecule has 2 aromatic rings. The van der Waals surface area contributed by atoms with Crippen LogP contribution in [0.5, 0.6) is 0 Å². The van der Waals surface area contributed by atoms with Crippen LogP contribution < -0.4 is 5.32 Å². The normalized spacial score (nSPS) is 10.2. The van der Waals surface area contributed by atoms with Crippen molar-refractivity contribution in [2.45, 2.75) is 6.92 Å². The Balaban J connectivity index is 2.26. The molecule has 0 saturated heterocycles. The molecule has 0 aromatic heterocycles. The second kappa shape index (κ2) is 5.70. The largest absolute Gasteiger partial charge is 0.478 e. The molecule has 2 rings (SSSR count). The van der Waals surface area contributed by atoms with Crippen LogP contribution in [-0.4, -0.2) is 17.0 Å². The van der Waals surface area contributed by atoms with Crippen LogP contribution in [0.3, 0.4) is 0 Å². The van der Waals surface area contributed by atoms with Crippen LogP contribution in [-0.2, 0) is 0 Å². The maximum Gasteiger partial charge on any atom is 0.335 e. The van der Waals surface area contributed by atoms with Crippen molar-refractivity contribution in [1.82, 2.24) is 0 Å². The first kappa shape index (κ1) is 14.6. The van der Waals surface area contributed by atoms with Crippen molar-refractivity contribution in [3.63, 3.8) is 0 Å². The summed E-state index contributed by atoms with van der Waals surface area (Å²) < 4.78 is 27.4. The van der Waals surface area contributed by atoms with Gasteiger partial charge in [-0.25, -0.2) is 13.6 Å². The smallest absolute Gasteiger partial charge is 0.335 e. The molecular weight excluding hydrogens is 280 g/mol. The minimum absolute atomic E-state index is 0.0425. The zero-order valence-electron chi connectivity index (χ0n) is 11.0. The molecule has 0 spiro atoms. The molecule has 0 radical (unpaired) electrons. The lowest BCUT2D eigenvalue weighted by Crippen LogP contribution is -2.16. The third kappa shape index (κ3) is 3.05. The van der Waals surface area contributed by atoms with E-state index in [1.807, 2.05) is 0 Å². The number of aryl methyl sites for hydroxylation is 1. The van der Waals surface area contributed by atoms with Crippen LogP contribution in [0, 0.1) is 18.6 Å². The van der Waals surface area contributed by atoms with Crippen molar-refractivity contribution in [3.8, 4) is 0 Å². The van der Waals surface area contributed by atoms with Gasteiger partial charge in [-0.1, -0.05) is 6.07 Å². The lowest BCUT2D eigenvalue weighted by Gasteiger charge is -2.08. The van der Waals surface area contributed by atoms with Crippen LogP contribution in [0.1, 0.15) is 26.3 Å². The highest BCUT2D eigenvalue weighted by atomic mass is 19.1. The zero-order valence-corrected chi connectivity index (χ0v) is 11.0. The molecule has 0 unspecified atom stereocenters. The Hall–Kier alpha value is -2.76. The number of nitrogens with one attached hydrogen (secondary N) is 1. The van der Waals surface area contributed by atoms with E-state index in [0.29, 0.717) is 0 Å². The maximum absolute atomic E-state index is 13.8. The molecule has 6 heteroatoms. The highest BCUT2D eigenvalue weighted by Crippen LogP contribution is 2.18. The Labute approximate surface area is 119 Å². The second-order valence-electron chi connectivity index (χ2n) is 4.39. The number of rotatable bonds is 3. The third-order valence-corrected chi connectivity index (χ3v) is 2.90. The number of anilines is 1. The molecule has 0 fully saturated rings. The number of carboxylic acid groups (broad SMARTS) is 1. The standard InChI is InChI=1S/C15H11F2NO3/c1-8-2-7-11(16)12(13(8)17)14(19)18-10-5-3-9(4-6-10)15(20)21/h2-7H,1H3,(H,18,19)(H,20,21). The Bertz CT molecular complexity index is 712. The fourth-order valence-corrected chi connectivity index (χ4v) is 1.75. The minimum Gasteiger partial charge on any atom is -0.478 e. The van der Waals surface area contributed by atoms with E-state index in [0.717, 1.165) is 6.07 Å². The van der Waals surface area contributed by atoms with Gasteiger partial charge in [0.1, 0.15) is 17.2 Å². The molecule has 108 valence electrons. The van der Waals surface area contributed by atoms with Gasteiger partial charge in [-0.3, -0.25) is 4.79 Å². The van der Waals surface area contributed by atoms with Gasteiger partial charge in [-0.2, -0.15) is 0 Å². The molecule has 4 nitrogen and oxygen atoms in total. The number of halogens is 2. The highest BCUT2D eigenvalue weighted by molar-refractivity contribution is 6.05. The van der Waals surface area contributed by atoms with Gasteiger partial charge >= 0.3 is 5.97 Å². The van der Waals surface area contributed by atoms with E-state index in [2.05, 4.69) is 5.32 Å². The number of carbonyl (C=O) groups is 2. The van der Waals surface area contributed by atoms with Gasteiger partial charge in [-0.15, -0.1) is 0 Å². The van der Waals surface area contributed by atoms with E-state index >= 15 is 0 Å². The molecule has 0 heterocycles. The molecule has 21 heavy (non-hydrogen) atoms. The quantitative estimate of drug-likeness (QED) is 0.912. The Morgan fingerprint density at radius 3 is 2.24 bits per heavy atom. The van der Waals surface area contributed by atoms with Gasteiger partial charge in [0.15, 0.2) is 0 Å². The van der Waals surface area contributed by atoms with Crippen molar-refractivity contribution >= 4 is 17.6 Å². The first-order chi connectivity index (χ1) is 9.90. The Morgan fingerprint density at radius 2 is 1.67 bits per heavy atom. The monoisotopic (exact) mass is 291 g/mol. The number of carboxylic acids is 1. The molecule has 2 N–H and O–H groups in total. The summed E-state index contributed by atoms with van der Waals surface area (Å²) in [5.74, 6) is -3.92. The van der Waals surface area contributed by atoms with E-state index < -0.39 is 29.1 Å². The van der Waals surface area contributed by atoms with Gasteiger partial charge in [0, 0.05) is 5.69 Å². The van der Waals surface area contributed by atoms with Crippen LogP contribution >= 0.6 is 0 Å².